The van der Waals surface area contributed by atoms with Gasteiger partial charge in [0.2, 0.25) is 0 Å². The van der Waals surface area contributed by atoms with E-state index >= 15 is 0 Å². The molecule has 1 N–H and O–H groups in total. The summed E-state index contributed by atoms with van der Waals surface area (Å²) in [5, 5.41) is 10.9. The maximum absolute atomic E-state index is 10.5. The van der Waals surface area contributed by atoms with Gasteiger partial charge in [-0.3, -0.25) is 4.90 Å². The molecule has 0 amide bonds. The van der Waals surface area contributed by atoms with E-state index in [-0.39, 0.29) is 16.8 Å². The topological polar surface area (TPSA) is 65.4 Å². The SMILES string of the molecule is [2H]C([2H])([2H])c1ccc(O)c2nc(-c3ccc4c(c3)N(c3ccccn3)c3cccnc3N4C)ccc12. The second-order valence-corrected chi connectivity index (χ2v) is 7.86. The molecule has 5 aromatic rings. The van der Waals surface area contributed by atoms with E-state index in [1.807, 2.05) is 60.5 Å². The van der Waals surface area contributed by atoms with Gasteiger partial charge in [-0.1, -0.05) is 24.3 Å². The second-order valence-electron chi connectivity index (χ2n) is 7.86. The molecule has 1 aliphatic heterocycles. The zero-order valence-electron chi connectivity index (χ0n) is 20.8. The predicted molar refractivity (Wildman–Crippen MR) is 132 cm³/mol. The summed E-state index contributed by atoms with van der Waals surface area (Å²) in [4.78, 5) is 18.0. The highest BCUT2D eigenvalue weighted by molar-refractivity contribution is 5.97. The number of aromatic hydroxyl groups is 1. The molecule has 4 heterocycles. The van der Waals surface area contributed by atoms with Crippen LogP contribution in [0.5, 0.6) is 5.75 Å². The van der Waals surface area contributed by atoms with E-state index in [9.17, 15) is 5.11 Å². The molecule has 0 aliphatic carbocycles. The van der Waals surface area contributed by atoms with E-state index < -0.39 is 6.85 Å². The molecule has 2 aromatic carbocycles. The Kier molecular flexibility index (Phi) is 3.59. The minimum atomic E-state index is -2.31. The van der Waals surface area contributed by atoms with Gasteiger partial charge in [0.25, 0.3) is 0 Å². The highest BCUT2D eigenvalue weighted by Crippen LogP contribution is 2.50. The van der Waals surface area contributed by atoms with Gasteiger partial charge in [-0.05, 0) is 60.9 Å². The van der Waals surface area contributed by atoms with Gasteiger partial charge in [0.1, 0.15) is 17.1 Å². The molecule has 0 spiro atoms. The van der Waals surface area contributed by atoms with Crippen molar-refractivity contribution in [2.24, 2.45) is 0 Å². The van der Waals surface area contributed by atoms with Crippen LogP contribution in [0, 0.1) is 6.85 Å². The van der Waals surface area contributed by atoms with Crippen LogP contribution in [0.3, 0.4) is 0 Å². The standard InChI is InChI=1S/C27H21N5O/c1-17-8-13-24(33)26-19(17)10-11-20(30-26)18-9-12-21-23(16-18)32(25-7-3-4-14-28-25)22-6-5-15-29-27(22)31(21)2/h3-16,33H,1-2H3/i1D3. The van der Waals surface area contributed by atoms with Crippen molar-refractivity contribution in [3.05, 3.63) is 90.8 Å². The Morgan fingerprint density at radius 2 is 1.76 bits per heavy atom. The molecule has 0 saturated heterocycles. The molecule has 160 valence electrons. The van der Waals surface area contributed by atoms with E-state index in [4.69, 9.17) is 4.11 Å². The lowest BCUT2D eigenvalue weighted by Crippen LogP contribution is -2.25. The lowest BCUT2D eigenvalue weighted by Gasteiger charge is -2.37. The van der Waals surface area contributed by atoms with Crippen molar-refractivity contribution in [3.8, 4) is 17.0 Å². The smallest absolute Gasteiger partial charge is 0.157 e. The highest BCUT2D eigenvalue weighted by atomic mass is 16.3. The third-order valence-corrected chi connectivity index (χ3v) is 5.91. The van der Waals surface area contributed by atoms with Gasteiger partial charge in [-0.15, -0.1) is 0 Å². The van der Waals surface area contributed by atoms with Gasteiger partial charge in [0.15, 0.2) is 5.82 Å². The minimum Gasteiger partial charge on any atom is -0.506 e. The number of rotatable bonds is 2. The fourth-order valence-corrected chi connectivity index (χ4v) is 4.31. The zero-order chi connectivity index (χ0) is 25.0. The number of pyridine rings is 3. The van der Waals surface area contributed by atoms with E-state index in [0.29, 0.717) is 11.1 Å². The predicted octanol–water partition coefficient (Wildman–Crippen LogP) is 6.26. The van der Waals surface area contributed by atoms with Gasteiger partial charge >= 0.3 is 0 Å². The first-order valence-corrected chi connectivity index (χ1v) is 10.5. The Labute approximate surface area is 195 Å². The number of aromatic nitrogens is 3. The molecule has 0 radical (unpaired) electrons. The molecule has 6 heteroatoms. The number of hydrogen-bond donors (Lipinski definition) is 1. The van der Waals surface area contributed by atoms with Crippen molar-refractivity contribution in [2.45, 2.75) is 6.85 Å². The monoisotopic (exact) mass is 434 g/mol. The molecule has 6 rings (SSSR count). The second kappa shape index (κ2) is 7.31. The third kappa shape index (κ3) is 2.99. The van der Waals surface area contributed by atoms with Crippen molar-refractivity contribution in [2.75, 3.05) is 16.8 Å². The summed E-state index contributed by atoms with van der Waals surface area (Å²) in [5.74, 6) is 1.51. The van der Waals surface area contributed by atoms with E-state index in [1.165, 1.54) is 12.1 Å². The maximum Gasteiger partial charge on any atom is 0.157 e. The summed E-state index contributed by atoms with van der Waals surface area (Å²) in [7, 11) is 1.97. The Hall–Kier alpha value is -4.45. The van der Waals surface area contributed by atoms with Crippen LogP contribution in [0.1, 0.15) is 9.68 Å². The van der Waals surface area contributed by atoms with Crippen molar-refractivity contribution in [1.82, 2.24) is 15.0 Å². The molecule has 0 atom stereocenters. The average Bonchev–Trinajstić information content (AvgIpc) is 2.88. The van der Waals surface area contributed by atoms with E-state index in [0.717, 1.165) is 34.3 Å². The molecule has 33 heavy (non-hydrogen) atoms. The number of nitrogens with zero attached hydrogens (tertiary/aromatic N) is 5. The van der Waals surface area contributed by atoms with Crippen LogP contribution < -0.4 is 9.80 Å². The van der Waals surface area contributed by atoms with Crippen molar-refractivity contribution in [3.63, 3.8) is 0 Å². The molecule has 0 fully saturated rings. The summed E-state index contributed by atoms with van der Waals surface area (Å²) in [6.45, 7) is -2.31. The number of benzene rings is 2. The summed E-state index contributed by atoms with van der Waals surface area (Å²) < 4.78 is 23.5. The molecule has 0 unspecified atom stereocenters. The van der Waals surface area contributed by atoms with Crippen LogP contribution in [0.15, 0.2) is 85.2 Å². The Morgan fingerprint density at radius 3 is 2.61 bits per heavy atom. The van der Waals surface area contributed by atoms with Crippen LogP contribution in [0.2, 0.25) is 0 Å². The van der Waals surface area contributed by atoms with E-state index in [1.54, 1.807) is 24.5 Å². The molecule has 6 nitrogen and oxygen atoms in total. The number of hydrogen-bond acceptors (Lipinski definition) is 6. The lowest BCUT2D eigenvalue weighted by molar-refractivity contribution is 0.480. The minimum absolute atomic E-state index is 0.0624. The first-order valence-electron chi connectivity index (χ1n) is 12.0. The van der Waals surface area contributed by atoms with Crippen LogP contribution in [-0.2, 0) is 0 Å². The van der Waals surface area contributed by atoms with Crippen molar-refractivity contribution < 1.29 is 9.22 Å². The summed E-state index contributed by atoms with van der Waals surface area (Å²) in [6, 6.07) is 22.0. The molecule has 1 aliphatic rings. The molecule has 0 saturated carbocycles. The van der Waals surface area contributed by atoms with Gasteiger partial charge in [0, 0.05) is 34.5 Å². The summed E-state index contributed by atoms with van der Waals surface area (Å²) >= 11 is 0. The zero-order valence-corrected chi connectivity index (χ0v) is 17.8. The number of phenolic OH excluding ortho intramolecular Hbond substituents is 1. The molecular weight excluding hydrogens is 410 g/mol. The number of phenols is 1. The lowest BCUT2D eigenvalue weighted by atomic mass is 10.0. The van der Waals surface area contributed by atoms with Crippen LogP contribution >= 0.6 is 0 Å². The Bertz CT molecular complexity index is 1620. The van der Waals surface area contributed by atoms with Gasteiger partial charge < -0.3 is 10.0 Å². The number of anilines is 5. The fraction of sp³-hybridized carbons (Fsp3) is 0.0741. The molecular formula is C27H21N5O. The van der Waals surface area contributed by atoms with Crippen LogP contribution in [0.25, 0.3) is 22.2 Å². The number of fused-ring (bicyclic) bond motifs is 3. The van der Waals surface area contributed by atoms with Crippen molar-refractivity contribution in [1.29, 1.82) is 0 Å². The maximum atomic E-state index is 10.5. The normalized spacial score (nSPS) is 14.3. The Morgan fingerprint density at radius 1 is 0.848 bits per heavy atom. The van der Waals surface area contributed by atoms with Crippen LogP contribution in [0.4, 0.5) is 28.7 Å². The Balaban J connectivity index is 1.54. The highest BCUT2D eigenvalue weighted by Gasteiger charge is 2.29. The number of aryl methyl sites for hydroxylation is 1. The third-order valence-electron chi connectivity index (χ3n) is 5.91. The molecule has 0 bridgehead atoms. The van der Waals surface area contributed by atoms with Gasteiger partial charge in [0.05, 0.1) is 22.8 Å². The first kappa shape index (κ1) is 16.2. The molecule has 3 aromatic heterocycles. The van der Waals surface area contributed by atoms with Crippen LogP contribution in [-0.4, -0.2) is 27.1 Å². The van der Waals surface area contributed by atoms with Crippen molar-refractivity contribution >= 4 is 39.6 Å². The van der Waals surface area contributed by atoms with Gasteiger partial charge in [-0.25, -0.2) is 15.0 Å². The van der Waals surface area contributed by atoms with E-state index in [2.05, 4.69) is 19.9 Å². The first-order chi connectivity index (χ1) is 17.3. The summed E-state index contributed by atoms with van der Waals surface area (Å²) in [5.41, 5.74) is 4.59. The quantitative estimate of drug-likeness (QED) is 0.354. The largest absolute Gasteiger partial charge is 0.506 e. The fourth-order valence-electron chi connectivity index (χ4n) is 4.31. The van der Waals surface area contributed by atoms with Gasteiger partial charge in [-0.2, -0.15) is 0 Å². The average molecular weight is 435 g/mol. The summed E-state index contributed by atoms with van der Waals surface area (Å²) in [6.07, 6.45) is 3.52.